The van der Waals surface area contributed by atoms with Gasteiger partial charge in [0.15, 0.2) is 0 Å². The highest BCUT2D eigenvalue weighted by Gasteiger charge is 2.29. The van der Waals surface area contributed by atoms with Crippen LogP contribution in [0.2, 0.25) is 0 Å². The monoisotopic (exact) mass is 237 g/mol. The molecule has 0 unspecified atom stereocenters. The zero-order chi connectivity index (χ0) is 12.4. The molecule has 0 bridgehead atoms. The summed E-state index contributed by atoms with van der Waals surface area (Å²) in [5.41, 5.74) is 5.53. The van der Waals surface area contributed by atoms with E-state index >= 15 is 0 Å². The van der Waals surface area contributed by atoms with Crippen LogP contribution in [-0.2, 0) is 4.79 Å². The van der Waals surface area contributed by atoms with E-state index in [1.807, 2.05) is 0 Å². The molecule has 17 heavy (non-hydrogen) atoms. The van der Waals surface area contributed by atoms with Crippen molar-refractivity contribution in [3.63, 3.8) is 0 Å². The summed E-state index contributed by atoms with van der Waals surface area (Å²) in [4.78, 5) is 21.3. The lowest BCUT2D eigenvalue weighted by Crippen LogP contribution is -2.31. The second-order valence-electron chi connectivity index (χ2n) is 3.90. The first-order valence-electron chi connectivity index (χ1n) is 5.30. The molecule has 1 atom stereocenters. The van der Waals surface area contributed by atoms with Gasteiger partial charge in [-0.25, -0.2) is 0 Å². The zero-order valence-corrected chi connectivity index (χ0v) is 9.80. The number of aromatic nitrogens is 2. The van der Waals surface area contributed by atoms with Gasteiger partial charge in [-0.15, -0.1) is 0 Å². The maximum atomic E-state index is 11.7. The summed E-state index contributed by atoms with van der Waals surface area (Å²) in [5.74, 6) is 1.05. The van der Waals surface area contributed by atoms with Crippen LogP contribution in [0.25, 0.3) is 0 Å². The van der Waals surface area contributed by atoms with Gasteiger partial charge in [-0.05, 0) is 6.42 Å². The van der Waals surface area contributed by atoms with Crippen molar-refractivity contribution < 1.29 is 9.53 Å². The zero-order valence-electron chi connectivity index (χ0n) is 9.80. The van der Waals surface area contributed by atoms with E-state index in [2.05, 4.69) is 15.3 Å². The third-order valence-electron chi connectivity index (χ3n) is 2.68. The van der Waals surface area contributed by atoms with Crippen molar-refractivity contribution in [1.82, 2.24) is 14.9 Å². The minimum Gasteiger partial charge on any atom is -0.481 e. The van der Waals surface area contributed by atoms with E-state index in [1.165, 1.54) is 7.11 Å². The number of hydrogen-bond donors (Lipinski definition) is 2. The van der Waals surface area contributed by atoms with Crippen LogP contribution in [0, 0.1) is 0 Å². The SMILES string of the molecule is COc1cc(N[C@H]2CCN(C)C2=O)nc(N)n1. The number of likely N-dealkylation sites (tertiary alicyclic amines) is 1. The lowest BCUT2D eigenvalue weighted by Gasteiger charge is -2.13. The number of amides is 1. The number of nitrogens with one attached hydrogen (secondary N) is 1. The Morgan fingerprint density at radius 3 is 2.94 bits per heavy atom. The average Bonchev–Trinajstić information content (AvgIpc) is 2.60. The summed E-state index contributed by atoms with van der Waals surface area (Å²) >= 11 is 0. The first-order chi connectivity index (χ1) is 8.10. The Morgan fingerprint density at radius 1 is 1.59 bits per heavy atom. The molecule has 0 spiro atoms. The normalized spacial score (nSPS) is 19.5. The van der Waals surface area contributed by atoms with E-state index in [1.54, 1.807) is 18.0 Å². The standard InChI is InChI=1S/C10H15N5O2/c1-15-4-3-6(9(15)16)12-7-5-8(17-2)14-10(11)13-7/h5-6H,3-4H2,1-2H3,(H3,11,12,13,14)/t6-/m0/s1. The molecule has 1 amide bonds. The van der Waals surface area contributed by atoms with Crippen LogP contribution >= 0.6 is 0 Å². The number of anilines is 2. The lowest BCUT2D eigenvalue weighted by atomic mass is 10.2. The molecule has 1 saturated heterocycles. The number of ether oxygens (including phenoxy) is 1. The fourth-order valence-corrected chi connectivity index (χ4v) is 1.76. The molecule has 0 saturated carbocycles. The molecular weight excluding hydrogens is 222 g/mol. The van der Waals surface area contributed by atoms with E-state index < -0.39 is 0 Å². The number of methoxy groups -OCH3 is 1. The predicted molar refractivity (Wildman–Crippen MR) is 62.7 cm³/mol. The van der Waals surface area contributed by atoms with Crippen LogP contribution in [-0.4, -0.2) is 47.5 Å². The van der Waals surface area contributed by atoms with Crippen molar-refractivity contribution in [3.8, 4) is 5.88 Å². The van der Waals surface area contributed by atoms with Gasteiger partial charge in [-0.2, -0.15) is 9.97 Å². The number of hydrogen-bond acceptors (Lipinski definition) is 6. The van der Waals surface area contributed by atoms with E-state index in [-0.39, 0.29) is 17.9 Å². The fourth-order valence-electron chi connectivity index (χ4n) is 1.76. The molecule has 2 rings (SSSR count). The Kier molecular flexibility index (Phi) is 2.99. The minimum absolute atomic E-state index is 0.0566. The van der Waals surface area contributed by atoms with Crippen molar-refractivity contribution in [3.05, 3.63) is 6.07 Å². The van der Waals surface area contributed by atoms with E-state index in [4.69, 9.17) is 10.5 Å². The van der Waals surface area contributed by atoms with E-state index in [9.17, 15) is 4.79 Å². The summed E-state index contributed by atoms with van der Waals surface area (Å²) in [6.07, 6.45) is 0.752. The van der Waals surface area contributed by atoms with Crippen LogP contribution in [0.5, 0.6) is 5.88 Å². The summed E-state index contributed by atoms with van der Waals surface area (Å²) in [7, 11) is 3.28. The molecule has 92 valence electrons. The number of nitrogen functional groups attached to an aromatic ring is 1. The van der Waals surface area contributed by atoms with Gasteiger partial charge in [0.05, 0.1) is 7.11 Å². The van der Waals surface area contributed by atoms with Crippen molar-refractivity contribution in [2.75, 3.05) is 31.8 Å². The van der Waals surface area contributed by atoms with Crippen LogP contribution in [0.1, 0.15) is 6.42 Å². The topological polar surface area (TPSA) is 93.4 Å². The van der Waals surface area contributed by atoms with Gasteiger partial charge in [0.2, 0.25) is 17.7 Å². The minimum atomic E-state index is -0.251. The first-order valence-corrected chi connectivity index (χ1v) is 5.30. The molecule has 7 nitrogen and oxygen atoms in total. The Bertz CT molecular complexity index is 437. The third-order valence-corrected chi connectivity index (χ3v) is 2.68. The van der Waals surface area contributed by atoms with Crippen molar-refractivity contribution in [1.29, 1.82) is 0 Å². The molecule has 2 heterocycles. The highest BCUT2D eigenvalue weighted by molar-refractivity contribution is 5.86. The molecule has 1 aliphatic heterocycles. The molecule has 7 heteroatoms. The quantitative estimate of drug-likeness (QED) is 0.750. The molecular formula is C10H15N5O2. The van der Waals surface area contributed by atoms with Gasteiger partial charge < -0.3 is 20.7 Å². The van der Waals surface area contributed by atoms with Gasteiger partial charge in [0.1, 0.15) is 11.9 Å². The summed E-state index contributed by atoms with van der Waals surface area (Å²) in [6.45, 7) is 0.744. The Morgan fingerprint density at radius 2 is 2.35 bits per heavy atom. The van der Waals surface area contributed by atoms with Crippen LogP contribution < -0.4 is 15.8 Å². The number of carbonyl (C=O) groups excluding carboxylic acids is 1. The number of carbonyl (C=O) groups is 1. The summed E-state index contributed by atoms with van der Waals surface area (Å²) < 4.78 is 4.98. The number of likely N-dealkylation sites (N-methyl/N-ethyl adjacent to an activating group) is 1. The molecule has 0 radical (unpaired) electrons. The van der Waals surface area contributed by atoms with Gasteiger partial charge >= 0.3 is 0 Å². The smallest absolute Gasteiger partial charge is 0.244 e. The van der Waals surface area contributed by atoms with Gasteiger partial charge in [-0.1, -0.05) is 0 Å². The maximum absolute atomic E-state index is 11.7. The maximum Gasteiger partial charge on any atom is 0.244 e. The lowest BCUT2D eigenvalue weighted by molar-refractivity contribution is -0.127. The highest BCUT2D eigenvalue weighted by atomic mass is 16.5. The second-order valence-corrected chi connectivity index (χ2v) is 3.90. The number of rotatable bonds is 3. The largest absolute Gasteiger partial charge is 0.481 e. The van der Waals surface area contributed by atoms with Crippen LogP contribution in [0.3, 0.4) is 0 Å². The predicted octanol–water partition coefficient (Wildman–Crippen LogP) is -0.290. The molecule has 1 aliphatic rings. The summed E-state index contributed by atoms with van der Waals surface area (Å²) in [6, 6.07) is 1.36. The highest BCUT2D eigenvalue weighted by Crippen LogP contribution is 2.18. The van der Waals surface area contributed by atoms with Gasteiger partial charge in [0, 0.05) is 19.7 Å². The Balaban J connectivity index is 2.13. The van der Waals surface area contributed by atoms with Crippen LogP contribution in [0.4, 0.5) is 11.8 Å². The second kappa shape index (κ2) is 4.44. The van der Waals surface area contributed by atoms with Crippen molar-refractivity contribution in [2.45, 2.75) is 12.5 Å². The van der Waals surface area contributed by atoms with Crippen molar-refractivity contribution in [2.24, 2.45) is 0 Å². The molecule has 0 aliphatic carbocycles. The van der Waals surface area contributed by atoms with Gasteiger partial charge in [-0.3, -0.25) is 4.79 Å². The number of nitrogens with zero attached hydrogens (tertiary/aromatic N) is 3. The average molecular weight is 237 g/mol. The Hall–Kier alpha value is -2.05. The number of nitrogens with two attached hydrogens (primary N) is 1. The fraction of sp³-hybridized carbons (Fsp3) is 0.500. The molecule has 3 N–H and O–H groups in total. The molecule has 0 aromatic carbocycles. The third kappa shape index (κ3) is 2.38. The Labute approximate surface area is 99.0 Å². The van der Waals surface area contributed by atoms with E-state index in [0.29, 0.717) is 11.7 Å². The molecule has 1 fully saturated rings. The first kappa shape index (κ1) is 11.4. The summed E-state index contributed by atoms with van der Waals surface area (Å²) in [5, 5.41) is 3.03. The van der Waals surface area contributed by atoms with Gasteiger partial charge in [0.25, 0.3) is 0 Å². The van der Waals surface area contributed by atoms with Crippen molar-refractivity contribution >= 4 is 17.7 Å². The van der Waals surface area contributed by atoms with Crippen LogP contribution in [0.15, 0.2) is 6.07 Å². The molecule has 1 aromatic heterocycles. The van der Waals surface area contributed by atoms with E-state index in [0.717, 1.165) is 13.0 Å². The molecule has 1 aromatic rings.